The molecule has 0 spiro atoms. The number of nitrogens with zero attached hydrogens (tertiary/aromatic N) is 2. The van der Waals surface area contributed by atoms with Gasteiger partial charge in [0.1, 0.15) is 11.3 Å². The molecule has 1 N–H and O–H groups in total. The van der Waals surface area contributed by atoms with Crippen molar-refractivity contribution in [1.82, 2.24) is 9.99 Å². The molecule has 0 unspecified atom stereocenters. The van der Waals surface area contributed by atoms with Crippen molar-refractivity contribution in [3.05, 3.63) is 99.5 Å². The molecule has 1 aromatic heterocycles. The molecule has 0 fully saturated rings. The summed E-state index contributed by atoms with van der Waals surface area (Å²) in [5.41, 5.74) is 5.05. The van der Waals surface area contributed by atoms with E-state index in [1.807, 2.05) is 69.3 Å². The third-order valence-corrected chi connectivity index (χ3v) is 4.37. The normalized spacial score (nSPS) is 11.1. The lowest BCUT2D eigenvalue weighted by atomic mass is 10.1. The van der Waals surface area contributed by atoms with Gasteiger partial charge in [-0.2, -0.15) is 5.10 Å². The lowest BCUT2D eigenvalue weighted by Gasteiger charge is -2.09. The largest absolute Gasteiger partial charge is 0.491 e. The Morgan fingerprint density at radius 1 is 1.10 bits per heavy atom. The summed E-state index contributed by atoms with van der Waals surface area (Å²) in [5, 5.41) is 3.96. The number of pyridine rings is 1. The van der Waals surface area contributed by atoms with Gasteiger partial charge in [-0.05, 0) is 68.3 Å². The Morgan fingerprint density at radius 2 is 1.80 bits per heavy atom. The topological polar surface area (TPSA) is 72.7 Å². The van der Waals surface area contributed by atoms with Crippen molar-refractivity contribution >= 4 is 12.1 Å². The lowest BCUT2D eigenvalue weighted by Crippen LogP contribution is -2.30. The van der Waals surface area contributed by atoms with Crippen LogP contribution in [0.1, 0.15) is 40.9 Å². The predicted octanol–water partition coefficient (Wildman–Crippen LogP) is 3.76. The Labute approximate surface area is 175 Å². The Hall–Kier alpha value is -3.67. The summed E-state index contributed by atoms with van der Waals surface area (Å²) >= 11 is 0. The summed E-state index contributed by atoms with van der Waals surface area (Å²) in [7, 11) is 0. The fourth-order valence-corrected chi connectivity index (χ4v) is 2.85. The number of ether oxygens (including phenoxy) is 1. The highest BCUT2D eigenvalue weighted by molar-refractivity contribution is 5.94. The molecule has 1 amide bonds. The number of aryl methyl sites for hydroxylation is 1. The van der Waals surface area contributed by atoms with Crippen LogP contribution in [-0.2, 0) is 6.54 Å². The SMILES string of the molecule is Cc1ccc(Cn2cccc(C(=O)N/N=C\c3ccc(OC(C)C)cc3)c2=O)cc1. The van der Waals surface area contributed by atoms with Crippen LogP contribution in [0.15, 0.2) is 76.8 Å². The predicted molar refractivity (Wildman–Crippen MR) is 118 cm³/mol. The Balaban J connectivity index is 1.66. The van der Waals surface area contributed by atoms with Crippen LogP contribution in [0.2, 0.25) is 0 Å². The summed E-state index contributed by atoms with van der Waals surface area (Å²) < 4.78 is 7.10. The van der Waals surface area contributed by atoms with E-state index >= 15 is 0 Å². The molecule has 6 nitrogen and oxygen atoms in total. The van der Waals surface area contributed by atoms with Gasteiger partial charge in [-0.1, -0.05) is 29.8 Å². The first-order valence-electron chi connectivity index (χ1n) is 9.77. The number of hydrazone groups is 1. The molecule has 154 valence electrons. The summed E-state index contributed by atoms with van der Waals surface area (Å²) in [6, 6.07) is 18.5. The van der Waals surface area contributed by atoms with E-state index in [0.717, 1.165) is 22.4 Å². The minimum atomic E-state index is -0.547. The molecule has 0 aliphatic carbocycles. The molecule has 6 heteroatoms. The monoisotopic (exact) mass is 403 g/mol. The molecule has 0 saturated heterocycles. The van der Waals surface area contributed by atoms with Crippen molar-refractivity contribution in [3.8, 4) is 5.75 Å². The molecule has 30 heavy (non-hydrogen) atoms. The average Bonchev–Trinajstić information content (AvgIpc) is 2.72. The fraction of sp³-hybridized carbons (Fsp3) is 0.208. The zero-order valence-electron chi connectivity index (χ0n) is 17.3. The van der Waals surface area contributed by atoms with Crippen LogP contribution >= 0.6 is 0 Å². The van der Waals surface area contributed by atoms with Crippen molar-refractivity contribution in [2.24, 2.45) is 5.10 Å². The maximum atomic E-state index is 12.7. The second kappa shape index (κ2) is 9.69. The Morgan fingerprint density at radius 3 is 2.47 bits per heavy atom. The van der Waals surface area contributed by atoms with E-state index in [9.17, 15) is 9.59 Å². The summed E-state index contributed by atoms with van der Waals surface area (Å²) in [5.74, 6) is 0.221. The molecule has 0 aliphatic heterocycles. The summed E-state index contributed by atoms with van der Waals surface area (Å²) in [6.07, 6.45) is 3.29. The van der Waals surface area contributed by atoms with E-state index in [4.69, 9.17) is 4.74 Å². The Bertz CT molecular complexity index is 1080. The molecule has 1 heterocycles. The Kier molecular flexibility index (Phi) is 6.80. The molecule has 0 radical (unpaired) electrons. The molecular weight excluding hydrogens is 378 g/mol. The number of benzene rings is 2. The highest BCUT2D eigenvalue weighted by Gasteiger charge is 2.11. The van der Waals surface area contributed by atoms with Crippen molar-refractivity contribution in [2.45, 2.75) is 33.4 Å². The number of nitrogens with one attached hydrogen (secondary N) is 1. The molecule has 3 rings (SSSR count). The van der Waals surface area contributed by atoms with Crippen molar-refractivity contribution < 1.29 is 9.53 Å². The molecular formula is C24H25N3O3. The van der Waals surface area contributed by atoms with Gasteiger partial charge in [0.2, 0.25) is 0 Å². The van der Waals surface area contributed by atoms with Gasteiger partial charge in [-0.3, -0.25) is 9.59 Å². The third-order valence-electron chi connectivity index (χ3n) is 4.37. The van der Waals surface area contributed by atoms with E-state index < -0.39 is 5.91 Å². The number of rotatable bonds is 7. The first-order valence-corrected chi connectivity index (χ1v) is 9.77. The maximum Gasteiger partial charge on any atom is 0.276 e. The molecule has 0 atom stereocenters. The minimum Gasteiger partial charge on any atom is -0.491 e. The van der Waals surface area contributed by atoms with Gasteiger partial charge < -0.3 is 9.30 Å². The molecule has 2 aromatic carbocycles. The van der Waals surface area contributed by atoms with Crippen LogP contribution in [-0.4, -0.2) is 22.8 Å². The van der Waals surface area contributed by atoms with Gasteiger partial charge in [0.15, 0.2) is 0 Å². The number of aromatic nitrogens is 1. The quantitative estimate of drug-likeness (QED) is 0.482. The van der Waals surface area contributed by atoms with Crippen LogP contribution in [0.5, 0.6) is 5.75 Å². The van der Waals surface area contributed by atoms with Gasteiger partial charge in [0, 0.05) is 6.20 Å². The van der Waals surface area contributed by atoms with Crippen LogP contribution in [0.25, 0.3) is 0 Å². The minimum absolute atomic E-state index is 0.0439. The van der Waals surface area contributed by atoms with Gasteiger partial charge in [-0.25, -0.2) is 5.43 Å². The molecule has 0 bridgehead atoms. The zero-order valence-corrected chi connectivity index (χ0v) is 17.3. The third kappa shape index (κ3) is 5.67. The van der Waals surface area contributed by atoms with Crippen LogP contribution < -0.4 is 15.7 Å². The summed E-state index contributed by atoms with van der Waals surface area (Å²) in [4.78, 5) is 25.1. The number of carbonyl (C=O) groups is 1. The van der Waals surface area contributed by atoms with E-state index in [1.54, 1.807) is 12.3 Å². The number of amides is 1. The summed E-state index contributed by atoms with van der Waals surface area (Å²) in [6.45, 7) is 6.33. The van der Waals surface area contributed by atoms with Gasteiger partial charge in [0.25, 0.3) is 11.5 Å². The van der Waals surface area contributed by atoms with Gasteiger partial charge >= 0.3 is 0 Å². The van der Waals surface area contributed by atoms with Crippen molar-refractivity contribution in [3.63, 3.8) is 0 Å². The van der Waals surface area contributed by atoms with Gasteiger partial charge in [0.05, 0.1) is 18.9 Å². The highest BCUT2D eigenvalue weighted by Crippen LogP contribution is 2.12. The number of hydrogen-bond acceptors (Lipinski definition) is 4. The maximum absolute atomic E-state index is 12.7. The highest BCUT2D eigenvalue weighted by atomic mass is 16.5. The van der Waals surface area contributed by atoms with Crippen LogP contribution in [0.3, 0.4) is 0 Å². The van der Waals surface area contributed by atoms with Crippen molar-refractivity contribution in [2.75, 3.05) is 0 Å². The van der Waals surface area contributed by atoms with E-state index in [2.05, 4.69) is 10.5 Å². The van der Waals surface area contributed by atoms with E-state index in [0.29, 0.717) is 6.54 Å². The standard InChI is InChI=1S/C24H25N3O3/c1-17(2)30-21-12-10-19(11-13-21)15-25-26-23(28)22-5-4-14-27(24(22)29)16-20-8-6-18(3)7-9-20/h4-15,17H,16H2,1-3H3,(H,26,28)/b25-15-. The zero-order chi connectivity index (χ0) is 21.5. The van der Waals surface area contributed by atoms with Crippen LogP contribution in [0.4, 0.5) is 0 Å². The number of hydrogen-bond donors (Lipinski definition) is 1. The van der Waals surface area contributed by atoms with Gasteiger partial charge in [-0.15, -0.1) is 0 Å². The van der Waals surface area contributed by atoms with Crippen LogP contribution in [0, 0.1) is 6.92 Å². The first kappa shape index (κ1) is 21.0. The first-order chi connectivity index (χ1) is 14.4. The van der Waals surface area contributed by atoms with Crippen molar-refractivity contribution in [1.29, 1.82) is 0 Å². The fourth-order valence-electron chi connectivity index (χ4n) is 2.85. The number of carbonyl (C=O) groups excluding carboxylic acids is 1. The van der Waals surface area contributed by atoms with E-state index in [-0.39, 0.29) is 17.2 Å². The lowest BCUT2D eigenvalue weighted by molar-refractivity contribution is 0.0953. The van der Waals surface area contributed by atoms with E-state index in [1.165, 1.54) is 16.8 Å². The second-order valence-corrected chi connectivity index (χ2v) is 7.28. The smallest absolute Gasteiger partial charge is 0.276 e. The second-order valence-electron chi connectivity index (χ2n) is 7.28. The molecule has 0 saturated carbocycles. The molecule has 0 aliphatic rings. The molecule has 3 aromatic rings. The average molecular weight is 403 g/mol.